The zero-order valence-corrected chi connectivity index (χ0v) is 19.0. The van der Waals surface area contributed by atoms with Crippen LogP contribution < -0.4 is 0 Å². The molecule has 0 bridgehead atoms. The highest BCUT2D eigenvalue weighted by atomic mass is 16.5. The van der Waals surface area contributed by atoms with Crippen LogP contribution in [0.4, 0.5) is 0 Å². The number of carbonyl (C=O) groups is 1. The molecule has 1 fully saturated rings. The van der Waals surface area contributed by atoms with Crippen molar-refractivity contribution in [1.82, 2.24) is 14.8 Å². The first kappa shape index (κ1) is 22.9. The van der Waals surface area contributed by atoms with Crippen molar-refractivity contribution in [2.75, 3.05) is 39.4 Å². The second-order valence-corrected chi connectivity index (χ2v) is 8.25. The summed E-state index contributed by atoms with van der Waals surface area (Å²) in [7, 11) is 0. The van der Waals surface area contributed by atoms with Gasteiger partial charge in [0.05, 0.1) is 13.2 Å². The number of ether oxygens (including phenoxy) is 1. The Morgan fingerprint density at radius 3 is 2.52 bits per heavy atom. The van der Waals surface area contributed by atoms with Gasteiger partial charge in [0, 0.05) is 51.2 Å². The minimum Gasteiger partial charge on any atom is -0.379 e. The van der Waals surface area contributed by atoms with Crippen LogP contribution in [0, 0.1) is 0 Å². The highest BCUT2D eigenvalue weighted by Crippen LogP contribution is 2.20. The van der Waals surface area contributed by atoms with Gasteiger partial charge in [0.25, 0.3) is 0 Å². The van der Waals surface area contributed by atoms with Crippen molar-refractivity contribution in [3.05, 3.63) is 96.3 Å². The number of hydrogen-bond donors (Lipinski definition) is 0. The van der Waals surface area contributed by atoms with Crippen LogP contribution >= 0.6 is 0 Å². The minimum atomic E-state index is 0.0268. The molecule has 0 N–H and O–H groups in total. The first-order chi connectivity index (χ1) is 16.3. The van der Waals surface area contributed by atoms with Crippen LogP contribution in [0.25, 0.3) is 17.2 Å². The molecule has 0 unspecified atom stereocenters. The van der Waals surface area contributed by atoms with Gasteiger partial charge >= 0.3 is 0 Å². The Balaban J connectivity index is 1.42. The summed E-state index contributed by atoms with van der Waals surface area (Å²) in [5.74, 6) is 0.0268. The summed E-state index contributed by atoms with van der Waals surface area (Å²) in [5, 5.41) is 0. The van der Waals surface area contributed by atoms with Gasteiger partial charge in [0.15, 0.2) is 0 Å². The van der Waals surface area contributed by atoms with E-state index < -0.39 is 0 Å². The monoisotopic (exact) mass is 441 g/mol. The third-order valence-corrected chi connectivity index (χ3v) is 5.85. The number of nitrogens with zero attached hydrogens (tertiary/aromatic N) is 3. The molecule has 0 spiro atoms. The van der Waals surface area contributed by atoms with Gasteiger partial charge in [-0.2, -0.15) is 0 Å². The predicted molar refractivity (Wildman–Crippen MR) is 132 cm³/mol. The van der Waals surface area contributed by atoms with Crippen LogP contribution in [-0.4, -0.2) is 60.1 Å². The van der Waals surface area contributed by atoms with E-state index in [0.29, 0.717) is 13.1 Å². The van der Waals surface area contributed by atoms with Gasteiger partial charge in [-0.25, -0.2) is 0 Å². The molecule has 3 aromatic rings. The molecule has 170 valence electrons. The second-order valence-electron chi connectivity index (χ2n) is 8.25. The maximum absolute atomic E-state index is 13.1. The van der Waals surface area contributed by atoms with Crippen LogP contribution in [-0.2, 0) is 16.1 Å². The SMILES string of the molecule is O=C(/C=C\c1cccc(-c2ccccc2)c1)N(CCCN1CCOCC1)Cc1ccncc1. The molecule has 5 nitrogen and oxygen atoms in total. The topological polar surface area (TPSA) is 45.7 Å². The second kappa shape index (κ2) is 12.1. The third kappa shape index (κ3) is 7.11. The molecule has 0 aliphatic carbocycles. The van der Waals surface area contributed by atoms with E-state index in [-0.39, 0.29) is 5.91 Å². The number of hydrogen-bond acceptors (Lipinski definition) is 4. The zero-order valence-electron chi connectivity index (χ0n) is 19.0. The fraction of sp³-hybridized carbons (Fsp3) is 0.286. The first-order valence-corrected chi connectivity index (χ1v) is 11.6. The summed E-state index contributed by atoms with van der Waals surface area (Å²) in [6.45, 7) is 5.80. The van der Waals surface area contributed by atoms with Crippen molar-refractivity contribution < 1.29 is 9.53 Å². The number of pyridine rings is 1. The normalized spacial score (nSPS) is 14.4. The van der Waals surface area contributed by atoms with E-state index >= 15 is 0 Å². The van der Waals surface area contributed by atoms with Crippen LogP contribution in [0.2, 0.25) is 0 Å². The molecule has 1 aliphatic heterocycles. The fourth-order valence-corrected chi connectivity index (χ4v) is 4.01. The molecule has 4 rings (SSSR count). The van der Waals surface area contributed by atoms with E-state index in [4.69, 9.17) is 4.74 Å². The van der Waals surface area contributed by atoms with Gasteiger partial charge in [0.1, 0.15) is 0 Å². The molecule has 1 saturated heterocycles. The highest BCUT2D eigenvalue weighted by Gasteiger charge is 2.14. The van der Waals surface area contributed by atoms with Crippen LogP contribution in [0.1, 0.15) is 17.5 Å². The Labute approximate surface area is 196 Å². The Hall–Kier alpha value is -3.28. The third-order valence-electron chi connectivity index (χ3n) is 5.85. The lowest BCUT2D eigenvalue weighted by Crippen LogP contribution is -2.38. The average Bonchev–Trinajstić information content (AvgIpc) is 2.88. The summed E-state index contributed by atoms with van der Waals surface area (Å²) in [5.41, 5.74) is 4.41. The molecule has 2 aromatic carbocycles. The van der Waals surface area contributed by atoms with Gasteiger partial charge in [-0.15, -0.1) is 0 Å². The van der Waals surface area contributed by atoms with E-state index in [0.717, 1.165) is 56.0 Å². The summed E-state index contributed by atoms with van der Waals surface area (Å²) >= 11 is 0. The Morgan fingerprint density at radius 1 is 0.970 bits per heavy atom. The highest BCUT2D eigenvalue weighted by molar-refractivity contribution is 5.92. The Morgan fingerprint density at radius 2 is 1.73 bits per heavy atom. The molecule has 1 aliphatic rings. The number of aromatic nitrogens is 1. The lowest BCUT2D eigenvalue weighted by molar-refractivity contribution is -0.126. The number of carbonyl (C=O) groups excluding carboxylic acids is 1. The largest absolute Gasteiger partial charge is 0.379 e. The maximum Gasteiger partial charge on any atom is 0.246 e. The van der Waals surface area contributed by atoms with Crippen LogP contribution in [0.15, 0.2) is 85.2 Å². The van der Waals surface area contributed by atoms with Crippen molar-refractivity contribution in [3.63, 3.8) is 0 Å². The first-order valence-electron chi connectivity index (χ1n) is 11.6. The average molecular weight is 442 g/mol. The molecular formula is C28H31N3O2. The lowest BCUT2D eigenvalue weighted by Gasteiger charge is -2.28. The van der Waals surface area contributed by atoms with Gasteiger partial charge < -0.3 is 9.64 Å². The Bertz CT molecular complexity index is 1030. The van der Waals surface area contributed by atoms with E-state index in [1.807, 2.05) is 53.4 Å². The molecule has 5 heteroatoms. The van der Waals surface area contributed by atoms with Crippen molar-refractivity contribution in [2.45, 2.75) is 13.0 Å². The van der Waals surface area contributed by atoms with Crippen molar-refractivity contribution >= 4 is 12.0 Å². The number of rotatable bonds is 9. The number of morpholine rings is 1. The quantitative estimate of drug-likeness (QED) is 0.458. The van der Waals surface area contributed by atoms with Gasteiger partial charge in [-0.3, -0.25) is 14.7 Å². The number of benzene rings is 2. The van der Waals surface area contributed by atoms with Crippen molar-refractivity contribution in [2.24, 2.45) is 0 Å². The zero-order chi connectivity index (χ0) is 22.7. The molecule has 33 heavy (non-hydrogen) atoms. The van der Waals surface area contributed by atoms with Gasteiger partial charge in [-0.1, -0.05) is 48.5 Å². The molecule has 1 amide bonds. The number of amides is 1. The maximum atomic E-state index is 13.1. The standard InChI is InChI=1S/C28H31N3O2/c32-28(11-10-24-6-4-9-27(22-24)26-7-2-1-3-8-26)31(23-25-12-14-29-15-13-25)17-5-16-30-18-20-33-21-19-30/h1-4,6-15,22H,5,16-21,23H2/b11-10-. The predicted octanol–water partition coefficient (Wildman–Crippen LogP) is 4.51. The summed E-state index contributed by atoms with van der Waals surface area (Å²) in [4.78, 5) is 21.6. The summed E-state index contributed by atoms with van der Waals surface area (Å²) < 4.78 is 5.43. The summed E-state index contributed by atoms with van der Waals surface area (Å²) in [6, 6.07) is 22.5. The molecule has 1 aromatic heterocycles. The van der Waals surface area contributed by atoms with Gasteiger partial charge in [0.2, 0.25) is 5.91 Å². The van der Waals surface area contributed by atoms with E-state index in [1.54, 1.807) is 18.5 Å². The van der Waals surface area contributed by atoms with Crippen molar-refractivity contribution in [3.8, 4) is 11.1 Å². The molecule has 0 saturated carbocycles. The van der Waals surface area contributed by atoms with Crippen LogP contribution in [0.5, 0.6) is 0 Å². The fourth-order valence-electron chi connectivity index (χ4n) is 4.01. The molecular weight excluding hydrogens is 410 g/mol. The Kier molecular flexibility index (Phi) is 8.39. The minimum absolute atomic E-state index is 0.0268. The van der Waals surface area contributed by atoms with E-state index in [9.17, 15) is 4.79 Å². The smallest absolute Gasteiger partial charge is 0.246 e. The summed E-state index contributed by atoms with van der Waals surface area (Å²) in [6.07, 6.45) is 8.10. The molecule has 0 radical (unpaired) electrons. The molecule has 0 atom stereocenters. The van der Waals surface area contributed by atoms with E-state index in [2.05, 4.69) is 34.1 Å². The lowest BCUT2D eigenvalue weighted by atomic mass is 10.0. The molecule has 2 heterocycles. The van der Waals surface area contributed by atoms with E-state index in [1.165, 1.54) is 5.56 Å². The van der Waals surface area contributed by atoms with Gasteiger partial charge in [-0.05, 0) is 52.9 Å². The van der Waals surface area contributed by atoms with Crippen molar-refractivity contribution in [1.29, 1.82) is 0 Å². The van der Waals surface area contributed by atoms with Crippen LogP contribution in [0.3, 0.4) is 0 Å².